The van der Waals surface area contributed by atoms with Gasteiger partial charge in [0.15, 0.2) is 5.84 Å². The Morgan fingerprint density at radius 3 is 2.67 bits per heavy atom. The summed E-state index contributed by atoms with van der Waals surface area (Å²) in [5.41, 5.74) is 8.56. The van der Waals surface area contributed by atoms with Gasteiger partial charge in [-0.1, -0.05) is 23.4 Å². The number of benzene rings is 2. The molecule has 0 heterocycles. The Labute approximate surface area is 127 Å². The van der Waals surface area contributed by atoms with E-state index >= 15 is 0 Å². The van der Waals surface area contributed by atoms with Gasteiger partial charge in [-0.2, -0.15) is 0 Å². The molecule has 0 aliphatic rings. The maximum absolute atomic E-state index is 14.3. The molecule has 3 N–H and O–H groups in total. The second kappa shape index (κ2) is 6.63. The molecule has 3 nitrogen and oxygen atoms in total. The van der Waals surface area contributed by atoms with Gasteiger partial charge in [0.2, 0.25) is 0 Å². The molecule has 110 valence electrons. The predicted octanol–water partition coefficient (Wildman–Crippen LogP) is 3.83. The Balaban J connectivity index is 2.18. The van der Waals surface area contributed by atoms with E-state index < -0.39 is 5.82 Å². The smallest absolute Gasteiger partial charge is 0.173 e. The number of rotatable bonds is 4. The van der Waals surface area contributed by atoms with Gasteiger partial charge in [0.25, 0.3) is 0 Å². The minimum atomic E-state index is -0.441. The van der Waals surface area contributed by atoms with Crippen molar-refractivity contribution in [3.63, 3.8) is 0 Å². The van der Waals surface area contributed by atoms with E-state index in [4.69, 9.17) is 10.9 Å². The lowest BCUT2D eigenvalue weighted by molar-refractivity contribution is 0.318. The van der Waals surface area contributed by atoms with Crippen molar-refractivity contribution in [3.05, 3.63) is 64.5 Å². The molecule has 2 aromatic carbocycles. The van der Waals surface area contributed by atoms with E-state index in [1.165, 1.54) is 17.2 Å². The summed E-state index contributed by atoms with van der Waals surface area (Å²) in [6.07, 6.45) is 0. The summed E-state index contributed by atoms with van der Waals surface area (Å²) in [6, 6.07) is 11.1. The van der Waals surface area contributed by atoms with Crippen molar-refractivity contribution in [3.8, 4) is 0 Å². The van der Waals surface area contributed by atoms with Crippen molar-refractivity contribution in [2.45, 2.75) is 24.5 Å². The molecular formula is C16H17FN2OS. The third kappa shape index (κ3) is 3.55. The number of oxime groups is 1. The first-order valence-corrected chi connectivity index (χ1v) is 7.47. The van der Waals surface area contributed by atoms with E-state index in [9.17, 15) is 4.39 Å². The summed E-state index contributed by atoms with van der Waals surface area (Å²) in [4.78, 5) is 1.09. The first kappa shape index (κ1) is 15.4. The van der Waals surface area contributed by atoms with Gasteiger partial charge in [0, 0.05) is 10.6 Å². The lowest BCUT2D eigenvalue weighted by atomic mass is 10.1. The van der Waals surface area contributed by atoms with Gasteiger partial charge < -0.3 is 10.9 Å². The number of hydrogen-bond acceptors (Lipinski definition) is 3. The van der Waals surface area contributed by atoms with Crippen LogP contribution in [0.1, 0.15) is 22.3 Å². The predicted molar refractivity (Wildman–Crippen MR) is 84.4 cm³/mol. The molecule has 0 saturated carbocycles. The number of aryl methyl sites for hydroxylation is 2. The van der Waals surface area contributed by atoms with E-state index in [1.807, 2.05) is 6.07 Å². The summed E-state index contributed by atoms with van der Waals surface area (Å²) in [5.74, 6) is -0.171. The summed E-state index contributed by atoms with van der Waals surface area (Å²) in [5, 5.41) is 11.5. The van der Waals surface area contributed by atoms with Gasteiger partial charge in [-0.05, 0) is 48.7 Å². The van der Waals surface area contributed by atoms with Crippen molar-refractivity contribution >= 4 is 17.6 Å². The lowest BCUT2D eigenvalue weighted by Gasteiger charge is -2.08. The highest BCUT2D eigenvalue weighted by molar-refractivity contribution is 7.98. The van der Waals surface area contributed by atoms with Crippen LogP contribution in [0.5, 0.6) is 0 Å². The Morgan fingerprint density at radius 2 is 2.00 bits per heavy atom. The molecule has 0 atom stereocenters. The SMILES string of the molecule is Cc1ccc(SCc2cccc(/C(N)=N/O)c2F)cc1C. The summed E-state index contributed by atoms with van der Waals surface area (Å²) < 4.78 is 14.3. The Morgan fingerprint density at radius 1 is 1.24 bits per heavy atom. The fraction of sp³-hybridized carbons (Fsp3) is 0.188. The second-order valence-corrected chi connectivity index (χ2v) is 5.85. The summed E-state index contributed by atoms with van der Waals surface area (Å²) in [6.45, 7) is 4.11. The summed E-state index contributed by atoms with van der Waals surface area (Å²) >= 11 is 1.56. The van der Waals surface area contributed by atoms with Crippen LogP contribution in [0.15, 0.2) is 46.4 Å². The molecule has 0 fully saturated rings. The highest BCUT2D eigenvalue weighted by Crippen LogP contribution is 2.26. The molecule has 2 aromatic rings. The van der Waals surface area contributed by atoms with Crippen molar-refractivity contribution in [2.24, 2.45) is 10.9 Å². The largest absolute Gasteiger partial charge is 0.409 e. The first-order valence-electron chi connectivity index (χ1n) is 6.48. The summed E-state index contributed by atoms with van der Waals surface area (Å²) in [7, 11) is 0. The van der Waals surface area contributed by atoms with Gasteiger partial charge in [-0.15, -0.1) is 11.8 Å². The minimum absolute atomic E-state index is 0.121. The molecule has 0 aliphatic carbocycles. The van der Waals surface area contributed by atoms with Crippen LogP contribution < -0.4 is 5.73 Å². The monoisotopic (exact) mass is 304 g/mol. The molecule has 21 heavy (non-hydrogen) atoms. The van der Waals surface area contributed by atoms with Crippen LogP contribution in [0.2, 0.25) is 0 Å². The quantitative estimate of drug-likeness (QED) is 0.297. The lowest BCUT2D eigenvalue weighted by Crippen LogP contribution is -2.15. The third-order valence-electron chi connectivity index (χ3n) is 3.34. The zero-order valence-electron chi connectivity index (χ0n) is 11.9. The van der Waals surface area contributed by atoms with Crippen LogP contribution in [-0.2, 0) is 5.75 Å². The van der Waals surface area contributed by atoms with Crippen LogP contribution in [0.25, 0.3) is 0 Å². The normalized spacial score (nSPS) is 11.7. The number of thioether (sulfide) groups is 1. The molecule has 0 bridgehead atoms. The van der Waals surface area contributed by atoms with Crippen LogP contribution in [0.4, 0.5) is 4.39 Å². The molecular weight excluding hydrogens is 287 g/mol. The van der Waals surface area contributed by atoms with Gasteiger partial charge in [0.05, 0.1) is 5.56 Å². The molecule has 2 rings (SSSR count). The van der Waals surface area contributed by atoms with E-state index in [0.717, 1.165) is 4.90 Å². The van der Waals surface area contributed by atoms with E-state index in [1.54, 1.807) is 23.9 Å². The van der Waals surface area contributed by atoms with E-state index in [2.05, 4.69) is 31.1 Å². The van der Waals surface area contributed by atoms with E-state index in [0.29, 0.717) is 11.3 Å². The fourth-order valence-corrected chi connectivity index (χ4v) is 2.88. The Bertz CT molecular complexity index is 686. The highest BCUT2D eigenvalue weighted by atomic mass is 32.2. The van der Waals surface area contributed by atoms with Crippen LogP contribution in [0, 0.1) is 19.7 Å². The van der Waals surface area contributed by atoms with Gasteiger partial charge in [-0.25, -0.2) is 4.39 Å². The third-order valence-corrected chi connectivity index (χ3v) is 4.38. The fourth-order valence-electron chi connectivity index (χ4n) is 1.91. The van der Waals surface area contributed by atoms with Crippen LogP contribution in [-0.4, -0.2) is 11.0 Å². The zero-order chi connectivity index (χ0) is 15.4. The molecule has 0 unspecified atom stereocenters. The van der Waals surface area contributed by atoms with Crippen molar-refractivity contribution in [2.75, 3.05) is 0 Å². The maximum Gasteiger partial charge on any atom is 0.173 e. The molecule has 0 aromatic heterocycles. The van der Waals surface area contributed by atoms with Crippen molar-refractivity contribution < 1.29 is 9.60 Å². The van der Waals surface area contributed by atoms with Crippen molar-refractivity contribution in [1.29, 1.82) is 0 Å². The number of hydrogen-bond donors (Lipinski definition) is 2. The molecule has 5 heteroatoms. The van der Waals surface area contributed by atoms with Gasteiger partial charge >= 0.3 is 0 Å². The standard InChI is InChI=1S/C16H17FN2OS/c1-10-6-7-13(8-11(10)2)21-9-12-4-3-5-14(15(12)17)16(18)19-20/h3-8,20H,9H2,1-2H3,(H2,18,19). The Kier molecular flexibility index (Phi) is 4.85. The van der Waals surface area contributed by atoms with E-state index in [-0.39, 0.29) is 11.4 Å². The zero-order valence-corrected chi connectivity index (χ0v) is 12.7. The van der Waals surface area contributed by atoms with Crippen LogP contribution in [0.3, 0.4) is 0 Å². The highest BCUT2D eigenvalue weighted by Gasteiger charge is 2.11. The maximum atomic E-state index is 14.3. The molecule has 0 amide bonds. The average molecular weight is 304 g/mol. The minimum Gasteiger partial charge on any atom is -0.409 e. The topological polar surface area (TPSA) is 58.6 Å². The number of halogens is 1. The molecule has 0 aliphatic heterocycles. The molecule has 0 radical (unpaired) electrons. The average Bonchev–Trinajstić information content (AvgIpc) is 2.49. The Hall–Kier alpha value is -2.01. The van der Waals surface area contributed by atoms with Gasteiger partial charge in [0.1, 0.15) is 5.82 Å². The van der Waals surface area contributed by atoms with Crippen LogP contribution >= 0.6 is 11.8 Å². The number of nitrogens with zero attached hydrogens (tertiary/aromatic N) is 1. The number of nitrogens with two attached hydrogens (primary N) is 1. The first-order chi connectivity index (χ1) is 10.0. The van der Waals surface area contributed by atoms with Crippen molar-refractivity contribution in [1.82, 2.24) is 0 Å². The molecule has 0 saturated heterocycles. The molecule has 0 spiro atoms. The number of amidine groups is 1. The van der Waals surface area contributed by atoms with Gasteiger partial charge in [-0.3, -0.25) is 0 Å². The second-order valence-electron chi connectivity index (χ2n) is 4.80.